The molecule has 1 aromatic carbocycles. The van der Waals surface area contributed by atoms with Crippen LogP contribution >= 0.6 is 0 Å². The maximum Gasteiger partial charge on any atom is 0.254 e. The number of hydrogen-bond donors (Lipinski definition) is 1. The summed E-state index contributed by atoms with van der Waals surface area (Å²) in [5, 5.41) is 2.84. The van der Waals surface area contributed by atoms with Gasteiger partial charge in [-0.15, -0.1) is 0 Å². The van der Waals surface area contributed by atoms with E-state index in [1.165, 1.54) is 37.8 Å². The van der Waals surface area contributed by atoms with Crippen LogP contribution in [0, 0.1) is 18.7 Å². The average molecular weight is 439 g/mol. The van der Waals surface area contributed by atoms with Crippen molar-refractivity contribution in [1.82, 2.24) is 20.2 Å². The second-order valence-electron chi connectivity index (χ2n) is 9.07. The lowest BCUT2D eigenvalue weighted by atomic mass is 9.95. The number of halogens is 1. The van der Waals surface area contributed by atoms with Gasteiger partial charge in [-0.2, -0.15) is 0 Å². The summed E-state index contributed by atoms with van der Waals surface area (Å²) in [5.41, 5.74) is 1.88. The summed E-state index contributed by atoms with van der Waals surface area (Å²) in [6, 6.07) is 6.03. The van der Waals surface area contributed by atoms with E-state index in [-0.39, 0.29) is 23.5 Å². The summed E-state index contributed by atoms with van der Waals surface area (Å²) < 4.78 is 13.0. The molecule has 1 atom stereocenters. The van der Waals surface area contributed by atoms with E-state index in [1.54, 1.807) is 18.3 Å². The number of nitrogens with zero attached hydrogens (tertiary/aromatic N) is 3. The van der Waals surface area contributed by atoms with Crippen LogP contribution in [-0.4, -0.2) is 39.8 Å². The van der Waals surface area contributed by atoms with Gasteiger partial charge in [0.15, 0.2) is 0 Å². The van der Waals surface area contributed by atoms with Gasteiger partial charge in [0.2, 0.25) is 5.91 Å². The van der Waals surface area contributed by atoms with Crippen molar-refractivity contribution in [2.75, 3.05) is 13.1 Å². The van der Waals surface area contributed by atoms with Gasteiger partial charge in [-0.25, -0.2) is 14.4 Å². The van der Waals surface area contributed by atoms with E-state index in [9.17, 15) is 14.0 Å². The molecule has 1 N–H and O–H groups in total. The number of carbonyl (C=O) groups excluding carboxylic acids is 2. The second kappa shape index (κ2) is 10.2. The van der Waals surface area contributed by atoms with Crippen molar-refractivity contribution >= 4 is 11.8 Å². The van der Waals surface area contributed by atoms with E-state index in [2.05, 4.69) is 15.3 Å². The molecule has 0 bridgehead atoms. The third kappa shape index (κ3) is 5.50. The Morgan fingerprint density at radius 2 is 1.88 bits per heavy atom. The molecule has 2 aliphatic rings. The minimum Gasteiger partial charge on any atom is -0.348 e. The molecule has 32 heavy (non-hydrogen) atoms. The van der Waals surface area contributed by atoms with Crippen LogP contribution in [0.2, 0.25) is 0 Å². The number of carbonyl (C=O) groups is 2. The van der Waals surface area contributed by atoms with E-state index < -0.39 is 0 Å². The van der Waals surface area contributed by atoms with Gasteiger partial charge >= 0.3 is 0 Å². The van der Waals surface area contributed by atoms with Gasteiger partial charge in [-0.3, -0.25) is 9.59 Å². The van der Waals surface area contributed by atoms with Gasteiger partial charge in [-0.05, 0) is 56.2 Å². The van der Waals surface area contributed by atoms with Crippen molar-refractivity contribution in [3.05, 3.63) is 58.9 Å². The molecule has 1 saturated heterocycles. The van der Waals surface area contributed by atoms with Crippen LogP contribution in [-0.2, 0) is 11.3 Å². The molecule has 2 fully saturated rings. The predicted octanol–water partition coefficient (Wildman–Crippen LogP) is 4.14. The van der Waals surface area contributed by atoms with Gasteiger partial charge in [0.05, 0.1) is 11.3 Å². The SMILES string of the molecule is Cc1nc([C@@H]2CCCN(C(=O)CC3CCCC3)C2)ncc1C(=O)NCc1ccc(F)cc1. The monoisotopic (exact) mass is 438 g/mol. The topological polar surface area (TPSA) is 75.2 Å². The lowest BCUT2D eigenvalue weighted by Gasteiger charge is -2.33. The van der Waals surface area contributed by atoms with Crippen molar-refractivity contribution < 1.29 is 14.0 Å². The third-order valence-corrected chi connectivity index (χ3v) is 6.69. The van der Waals surface area contributed by atoms with E-state index >= 15 is 0 Å². The summed E-state index contributed by atoms with van der Waals surface area (Å²) in [6.45, 7) is 3.58. The summed E-state index contributed by atoms with van der Waals surface area (Å²) >= 11 is 0. The highest BCUT2D eigenvalue weighted by molar-refractivity contribution is 5.94. The molecule has 4 rings (SSSR count). The van der Waals surface area contributed by atoms with Crippen molar-refractivity contribution in [3.8, 4) is 0 Å². The number of aromatic nitrogens is 2. The Labute approximate surface area is 188 Å². The quantitative estimate of drug-likeness (QED) is 0.736. The second-order valence-corrected chi connectivity index (χ2v) is 9.07. The molecule has 2 heterocycles. The number of amides is 2. The van der Waals surface area contributed by atoms with Crippen LogP contribution in [0.15, 0.2) is 30.5 Å². The van der Waals surface area contributed by atoms with Crippen molar-refractivity contribution in [2.45, 2.75) is 64.3 Å². The smallest absolute Gasteiger partial charge is 0.254 e. The van der Waals surface area contributed by atoms with Crippen LogP contribution in [0.3, 0.4) is 0 Å². The van der Waals surface area contributed by atoms with Gasteiger partial charge in [0, 0.05) is 38.2 Å². The molecule has 7 heteroatoms. The first-order valence-electron chi connectivity index (χ1n) is 11.6. The minimum absolute atomic E-state index is 0.103. The average Bonchev–Trinajstić information content (AvgIpc) is 3.31. The number of hydrogen-bond acceptors (Lipinski definition) is 4. The van der Waals surface area contributed by atoms with Gasteiger partial charge < -0.3 is 10.2 Å². The Morgan fingerprint density at radius 3 is 2.59 bits per heavy atom. The normalized spacial score (nSPS) is 19.2. The number of benzene rings is 1. The zero-order valence-electron chi connectivity index (χ0n) is 18.6. The van der Waals surface area contributed by atoms with Crippen LogP contribution in [0.25, 0.3) is 0 Å². The van der Waals surface area contributed by atoms with Crippen molar-refractivity contribution in [1.29, 1.82) is 0 Å². The predicted molar refractivity (Wildman–Crippen MR) is 119 cm³/mol. The molecular weight excluding hydrogens is 407 g/mol. The third-order valence-electron chi connectivity index (χ3n) is 6.69. The fraction of sp³-hybridized carbons (Fsp3) is 0.520. The number of nitrogens with one attached hydrogen (secondary N) is 1. The highest BCUT2D eigenvalue weighted by Crippen LogP contribution is 2.30. The van der Waals surface area contributed by atoms with E-state index in [1.807, 2.05) is 11.8 Å². The fourth-order valence-corrected chi connectivity index (χ4v) is 4.79. The van der Waals surface area contributed by atoms with E-state index in [4.69, 9.17) is 0 Å². The zero-order valence-corrected chi connectivity index (χ0v) is 18.6. The lowest BCUT2D eigenvalue weighted by Crippen LogP contribution is -2.40. The number of piperidine rings is 1. The van der Waals surface area contributed by atoms with Crippen molar-refractivity contribution in [3.63, 3.8) is 0 Å². The molecular formula is C25H31FN4O2. The highest BCUT2D eigenvalue weighted by Gasteiger charge is 2.29. The first kappa shape index (κ1) is 22.4. The molecule has 2 amide bonds. The standard InChI is InChI=1S/C25H31FN4O2/c1-17-22(25(32)28-14-19-8-10-21(26)11-9-19)15-27-24(29-17)20-7-4-12-30(16-20)23(31)13-18-5-2-3-6-18/h8-11,15,18,20H,2-7,12-14,16H2,1H3,(H,28,32)/t20-/m1/s1. The Kier molecular flexibility index (Phi) is 7.12. The summed E-state index contributed by atoms with van der Waals surface area (Å²) in [4.78, 5) is 36.4. The summed E-state index contributed by atoms with van der Waals surface area (Å²) in [5.74, 6) is 1.06. The van der Waals surface area contributed by atoms with Crippen LogP contribution in [0.4, 0.5) is 4.39 Å². The number of aryl methyl sites for hydroxylation is 1. The van der Waals surface area contributed by atoms with Crippen molar-refractivity contribution in [2.24, 2.45) is 5.92 Å². The van der Waals surface area contributed by atoms with Gasteiger partial charge in [0.25, 0.3) is 5.91 Å². The minimum atomic E-state index is -0.304. The zero-order chi connectivity index (χ0) is 22.5. The highest BCUT2D eigenvalue weighted by atomic mass is 19.1. The Bertz CT molecular complexity index is 957. The molecule has 0 unspecified atom stereocenters. The van der Waals surface area contributed by atoms with Gasteiger partial charge in [0.1, 0.15) is 11.6 Å². The molecule has 2 aromatic rings. The first-order chi connectivity index (χ1) is 15.5. The molecule has 170 valence electrons. The molecule has 0 spiro atoms. The Morgan fingerprint density at radius 1 is 1.12 bits per heavy atom. The Hall–Kier alpha value is -2.83. The summed E-state index contributed by atoms with van der Waals surface area (Å²) in [6.07, 6.45) is 8.99. The van der Waals surface area contributed by atoms with Gasteiger partial charge in [-0.1, -0.05) is 25.0 Å². The lowest BCUT2D eigenvalue weighted by molar-refractivity contribution is -0.133. The number of rotatable bonds is 6. The van der Waals surface area contributed by atoms with Crippen LogP contribution in [0.5, 0.6) is 0 Å². The van der Waals surface area contributed by atoms with Crippen LogP contribution < -0.4 is 5.32 Å². The van der Waals surface area contributed by atoms with Crippen LogP contribution in [0.1, 0.15) is 78.3 Å². The summed E-state index contributed by atoms with van der Waals surface area (Å²) in [7, 11) is 0. The molecule has 1 aromatic heterocycles. The number of likely N-dealkylation sites (tertiary alicyclic amines) is 1. The van der Waals surface area contributed by atoms with E-state index in [0.717, 1.165) is 24.9 Å². The molecule has 1 aliphatic carbocycles. The fourth-order valence-electron chi connectivity index (χ4n) is 4.79. The largest absolute Gasteiger partial charge is 0.348 e. The molecule has 1 saturated carbocycles. The maximum absolute atomic E-state index is 13.0. The van der Waals surface area contributed by atoms with E-state index in [0.29, 0.717) is 42.5 Å². The molecule has 0 radical (unpaired) electrons. The first-order valence-corrected chi connectivity index (χ1v) is 11.6. The maximum atomic E-state index is 13.0. The molecule has 6 nitrogen and oxygen atoms in total. The molecule has 1 aliphatic heterocycles. The Balaban J connectivity index is 1.35.